The van der Waals surface area contributed by atoms with Gasteiger partial charge in [0.05, 0.1) is 29.9 Å². The van der Waals surface area contributed by atoms with Gasteiger partial charge in [-0.3, -0.25) is 14.5 Å². The monoisotopic (exact) mass is 381 g/mol. The molecule has 1 amide bonds. The number of aromatic amines is 1. The van der Waals surface area contributed by atoms with Crippen LogP contribution in [0.4, 0.5) is 5.69 Å². The third kappa shape index (κ3) is 4.58. The first-order chi connectivity index (χ1) is 13.1. The van der Waals surface area contributed by atoms with Gasteiger partial charge >= 0.3 is 0 Å². The maximum atomic E-state index is 12.4. The van der Waals surface area contributed by atoms with Crippen LogP contribution in [0.25, 0.3) is 10.2 Å². The second kappa shape index (κ2) is 8.58. The molecule has 1 aromatic carbocycles. The molecule has 3 rings (SSSR count). The molecule has 0 bridgehead atoms. The van der Waals surface area contributed by atoms with Crippen molar-refractivity contribution in [2.24, 2.45) is 0 Å². The summed E-state index contributed by atoms with van der Waals surface area (Å²) in [6.07, 6.45) is 0.854. The minimum atomic E-state index is -0.217. The zero-order valence-electron chi connectivity index (χ0n) is 14.9. The number of nitrogens with zero attached hydrogens (tertiary/aromatic N) is 3. The lowest BCUT2D eigenvalue weighted by molar-refractivity contribution is -0.117. The van der Waals surface area contributed by atoms with Gasteiger partial charge in [-0.15, -0.1) is 11.3 Å². The van der Waals surface area contributed by atoms with Crippen molar-refractivity contribution in [2.45, 2.75) is 19.9 Å². The molecule has 2 heterocycles. The van der Waals surface area contributed by atoms with Crippen molar-refractivity contribution in [3.63, 3.8) is 0 Å². The molecular weight excluding hydrogens is 362 g/mol. The highest BCUT2D eigenvalue weighted by Gasteiger charge is 2.14. The molecule has 0 atom stereocenters. The quantitative estimate of drug-likeness (QED) is 0.655. The number of H-pyrrole nitrogens is 1. The van der Waals surface area contributed by atoms with Crippen molar-refractivity contribution in [1.82, 2.24) is 14.9 Å². The first-order valence-electron chi connectivity index (χ1n) is 8.58. The van der Waals surface area contributed by atoms with Gasteiger partial charge < -0.3 is 10.3 Å². The van der Waals surface area contributed by atoms with Gasteiger partial charge in [-0.1, -0.05) is 19.1 Å². The highest BCUT2D eigenvalue weighted by molar-refractivity contribution is 7.17. The second-order valence-electron chi connectivity index (χ2n) is 6.06. The maximum Gasteiger partial charge on any atom is 0.268 e. The molecule has 3 aromatic rings. The van der Waals surface area contributed by atoms with Crippen LogP contribution in [0.5, 0.6) is 0 Å². The van der Waals surface area contributed by atoms with Gasteiger partial charge in [0.15, 0.2) is 0 Å². The van der Waals surface area contributed by atoms with Gasteiger partial charge in [-0.05, 0) is 36.5 Å². The summed E-state index contributed by atoms with van der Waals surface area (Å²) in [4.78, 5) is 33.7. The van der Waals surface area contributed by atoms with Crippen LogP contribution in [0.15, 0.2) is 40.5 Å². The molecule has 0 saturated heterocycles. The van der Waals surface area contributed by atoms with Crippen molar-refractivity contribution in [2.75, 3.05) is 18.4 Å². The zero-order chi connectivity index (χ0) is 19.2. The summed E-state index contributed by atoms with van der Waals surface area (Å²) in [6, 6.07) is 10.8. The molecule has 0 aliphatic heterocycles. The van der Waals surface area contributed by atoms with E-state index in [4.69, 9.17) is 5.26 Å². The number of para-hydroxylation sites is 1. The van der Waals surface area contributed by atoms with E-state index >= 15 is 0 Å². The molecule has 0 unspecified atom stereocenters. The van der Waals surface area contributed by atoms with E-state index in [9.17, 15) is 9.59 Å². The number of fused-ring (bicyclic) bond motifs is 1. The van der Waals surface area contributed by atoms with E-state index in [0.29, 0.717) is 40.4 Å². The lowest BCUT2D eigenvalue weighted by atomic mass is 10.2. The molecular formula is C19H19N5O2S. The van der Waals surface area contributed by atoms with E-state index in [-0.39, 0.29) is 18.0 Å². The van der Waals surface area contributed by atoms with Gasteiger partial charge in [0.2, 0.25) is 5.91 Å². The highest BCUT2D eigenvalue weighted by atomic mass is 32.1. The second-order valence-corrected chi connectivity index (χ2v) is 6.98. The van der Waals surface area contributed by atoms with E-state index in [1.807, 2.05) is 23.3 Å². The Labute approximate surface area is 160 Å². The Balaban J connectivity index is 1.72. The fourth-order valence-corrected chi connectivity index (χ4v) is 3.55. The minimum absolute atomic E-state index is 0.138. The van der Waals surface area contributed by atoms with E-state index in [1.54, 1.807) is 24.3 Å². The normalized spacial score (nSPS) is 10.9. The van der Waals surface area contributed by atoms with Gasteiger partial charge in [0.1, 0.15) is 16.6 Å². The molecule has 0 spiro atoms. The summed E-state index contributed by atoms with van der Waals surface area (Å²) in [5.74, 6) is 0.315. The number of hydrogen-bond donors (Lipinski definition) is 2. The summed E-state index contributed by atoms with van der Waals surface area (Å²) in [5.41, 5.74) is 1.42. The number of anilines is 1. The molecule has 2 N–H and O–H groups in total. The number of benzene rings is 1. The van der Waals surface area contributed by atoms with Crippen LogP contribution >= 0.6 is 11.3 Å². The lowest BCUT2D eigenvalue weighted by Crippen LogP contribution is -2.34. The number of nitrogens with one attached hydrogen (secondary N) is 2. The number of carbonyl (C=O) groups excluding carboxylic acids is 1. The van der Waals surface area contributed by atoms with Crippen LogP contribution in [-0.4, -0.2) is 33.9 Å². The molecule has 8 heteroatoms. The Hall–Kier alpha value is -3.02. The smallest absolute Gasteiger partial charge is 0.268 e. The molecule has 0 aliphatic rings. The summed E-state index contributed by atoms with van der Waals surface area (Å²) in [5, 5.41) is 13.7. The Morgan fingerprint density at radius 3 is 2.96 bits per heavy atom. The van der Waals surface area contributed by atoms with Crippen molar-refractivity contribution in [3.8, 4) is 6.07 Å². The van der Waals surface area contributed by atoms with Crippen LogP contribution in [0.2, 0.25) is 0 Å². The first-order valence-corrected chi connectivity index (χ1v) is 9.46. The van der Waals surface area contributed by atoms with Gasteiger partial charge in [0.25, 0.3) is 5.56 Å². The van der Waals surface area contributed by atoms with E-state index < -0.39 is 0 Å². The van der Waals surface area contributed by atoms with E-state index in [2.05, 4.69) is 21.4 Å². The van der Waals surface area contributed by atoms with Crippen molar-refractivity contribution in [1.29, 1.82) is 5.26 Å². The molecule has 7 nitrogen and oxygen atoms in total. The summed E-state index contributed by atoms with van der Waals surface area (Å²) >= 11 is 1.36. The molecule has 138 valence electrons. The highest BCUT2D eigenvalue weighted by Crippen LogP contribution is 2.15. The average molecular weight is 381 g/mol. The fourth-order valence-electron chi connectivity index (χ4n) is 2.82. The SMILES string of the molecule is CCCN(CC(=O)Nc1ccccc1C#N)Cc1nc2ccsc2c(=O)[nH]1. The third-order valence-corrected chi connectivity index (χ3v) is 4.87. The number of thiophene rings is 1. The number of hydrogen-bond acceptors (Lipinski definition) is 6. The van der Waals surface area contributed by atoms with Gasteiger partial charge in [0, 0.05) is 0 Å². The molecule has 2 aromatic heterocycles. The van der Waals surface area contributed by atoms with E-state index in [0.717, 1.165) is 6.42 Å². The average Bonchev–Trinajstić information content (AvgIpc) is 3.11. The third-order valence-electron chi connectivity index (χ3n) is 3.97. The molecule has 0 fully saturated rings. The Morgan fingerprint density at radius 2 is 2.19 bits per heavy atom. The number of nitriles is 1. The molecule has 0 saturated carbocycles. The fraction of sp³-hybridized carbons (Fsp3) is 0.263. The minimum Gasteiger partial charge on any atom is -0.324 e. The van der Waals surface area contributed by atoms with Crippen LogP contribution in [-0.2, 0) is 11.3 Å². The number of rotatable bonds is 7. The first kappa shape index (κ1) is 18.8. The predicted molar refractivity (Wildman–Crippen MR) is 106 cm³/mol. The molecule has 0 radical (unpaired) electrons. The Morgan fingerprint density at radius 1 is 1.37 bits per heavy atom. The van der Waals surface area contributed by atoms with Gasteiger partial charge in [-0.2, -0.15) is 5.26 Å². The van der Waals surface area contributed by atoms with Crippen molar-refractivity contribution in [3.05, 3.63) is 57.5 Å². The molecule has 0 aliphatic carbocycles. The van der Waals surface area contributed by atoms with Crippen molar-refractivity contribution >= 4 is 33.1 Å². The number of aromatic nitrogens is 2. The topological polar surface area (TPSA) is 102 Å². The summed E-state index contributed by atoms with van der Waals surface area (Å²) in [7, 11) is 0. The Bertz CT molecular complexity index is 1050. The van der Waals surface area contributed by atoms with Gasteiger partial charge in [-0.25, -0.2) is 4.98 Å². The standard InChI is InChI=1S/C19H19N5O2S/c1-2-8-24(11-16-21-15-7-9-27-18(15)19(26)23-16)12-17(25)22-14-6-4-3-5-13(14)10-20/h3-7,9H,2,8,11-12H2,1H3,(H,22,25)(H,21,23,26). The van der Waals surface area contributed by atoms with Crippen molar-refractivity contribution < 1.29 is 4.79 Å². The summed E-state index contributed by atoms with van der Waals surface area (Å²) < 4.78 is 0.603. The number of amides is 1. The largest absolute Gasteiger partial charge is 0.324 e. The van der Waals surface area contributed by atoms with Crippen LogP contribution in [0, 0.1) is 11.3 Å². The van der Waals surface area contributed by atoms with Crippen LogP contribution < -0.4 is 10.9 Å². The molecule has 27 heavy (non-hydrogen) atoms. The lowest BCUT2D eigenvalue weighted by Gasteiger charge is -2.20. The Kier molecular flexibility index (Phi) is 5.96. The summed E-state index contributed by atoms with van der Waals surface area (Å²) in [6.45, 7) is 3.20. The maximum absolute atomic E-state index is 12.4. The van der Waals surface area contributed by atoms with Crippen LogP contribution in [0.3, 0.4) is 0 Å². The predicted octanol–water partition coefficient (Wildman–Crippen LogP) is 2.71. The van der Waals surface area contributed by atoms with E-state index in [1.165, 1.54) is 11.3 Å². The zero-order valence-corrected chi connectivity index (χ0v) is 15.7. The number of carbonyl (C=O) groups is 1. The van der Waals surface area contributed by atoms with Crippen LogP contribution in [0.1, 0.15) is 24.7 Å².